The summed E-state index contributed by atoms with van der Waals surface area (Å²) >= 11 is 0. The zero-order chi connectivity index (χ0) is 23.9. The Bertz CT molecular complexity index is 1200. The maximum absolute atomic E-state index is 13.1. The predicted octanol–water partition coefficient (Wildman–Crippen LogP) is 2.29. The molecule has 0 aromatic heterocycles. The van der Waals surface area contributed by atoms with Crippen molar-refractivity contribution < 1.29 is 23.9 Å². The summed E-state index contributed by atoms with van der Waals surface area (Å²) in [6.45, 7) is 1.92. The summed E-state index contributed by atoms with van der Waals surface area (Å²) in [6, 6.07) is 12.2. The lowest BCUT2D eigenvalue weighted by Gasteiger charge is -2.34. The highest BCUT2D eigenvalue weighted by Crippen LogP contribution is 2.36. The Labute approximate surface area is 196 Å². The lowest BCUT2D eigenvalue weighted by Crippen LogP contribution is -2.48. The number of imide groups is 1. The lowest BCUT2D eigenvalue weighted by molar-refractivity contribution is -0.128. The minimum atomic E-state index is -0.959. The van der Waals surface area contributed by atoms with Crippen LogP contribution in [0.25, 0.3) is 0 Å². The molecule has 1 fully saturated rings. The van der Waals surface area contributed by atoms with E-state index >= 15 is 0 Å². The molecule has 2 unspecified atom stereocenters. The van der Waals surface area contributed by atoms with E-state index < -0.39 is 17.7 Å². The van der Waals surface area contributed by atoms with Crippen LogP contribution in [0.3, 0.4) is 0 Å². The van der Waals surface area contributed by atoms with Crippen LogP contribution in [0.5, 0.6) is 5.75 Å². The molecule has 5 amide bonds. The van der Waals surface area contributed by atoms with Crippen molar-refractivity contribution in [2.75, 3.05) is 16.8 Å². The number of anilines is 2. The Balaban J connectivity index is 1.30. The zero-order valence-electron chi connectivity index (χ0n) is 18.8. The first-order valence-corrected chi connectivity index (χ1v) is 11.5. The molecule has 1 spiro atoms. The molecule has 2 aliphatic heterocycles. The van der Waals surface area contributed by atoms with Crippen molar-refractivity contribution in [2.24, 2.45) is 0 Å². The number of nitrogens with zero attached hydrogens (tertiary/aromatic N) is 1. The number of fused-ring (bicyclic) bond motifs is 2. The summed E-state index contributed by atoms with van der Waals surface area (Å²) in [5.74, 6) is -0.294. The molecule has 3 aliphatic rings. The number of carbonyl (C=O) groups is 4. The van der Waals surface area contributed by atoms with E-state index in [1.165, 1.54) is 4.90 Å². The molecule has 34 heavy (non-hydrogen) atoms. The van der Waals surface area contributed by atoms with Gasteiger partial charge in [0.15, 0.2) is 6.10 Å². The van der Waals surface area contributed by atoms with Crippen LogP contribution in [0.4, 0.5) is 16.2 Å². The van der Waals surface area contributed by atoms with Gasteiger partial charge in [-0.25, -0.2) is 4.79 Å². The number of hydrogen-bond donors (Lipinski definition) is 3. The van der Waals surface area contributed by atoms with E-state index in [4.69, 9.17) is 4.74 Å². The molecule has 2 atom stereocenters. The van der Waals surface area contributed by atoms with Crippen LogP contribution in [0.1, 0.15) is 37.3 Å². The van der Waals surface area contributed by atoms with Crippen molar-refractivity contribution in [1.29, 1.82) is 0 Å². The Hall–Kier alpha value is -3.88. The van der Waals surface area contributed by atoms with Gasteiger partial charge in [-0.15, -0.1) is 0 Å². The molecule has 9 heteroatoms. The van der Waals surface area contributed by atoms with Crippen molar-refractivity contribution in [3.63, 3.8) is 0 Å². The second-order valence-corrected chi connectivity index (χ2v) is 9.02. The molecule has 2 aromatic rings. The van der Waals surface area contributed by atoms with Gasteiger partial charge in [0, 0.05) is 18.5 Å². The average Bonchev–Trinajstić information content (AvgIpc) is 3.31. The number of nitrogens with one attached hydrogen (secondary N) is 3. The van der Waals surface area contributed by atoms with Gasteiger partial charge in [0.25, 0.3) is 11.8 Å². The SMILES string of the molecule is CCCCC1Oc2ccccc2N(CC(=O)Nc2ccc3c(c2)CC2(C3)NC(=O)NC2=O)C1=O. The number of benzene rings is 2. The Morgan fingerprint density at radius 3 is 2.71 bits per heavy atom. The standard InChI is InChI=1S/C25H26N4O5/c1-2-3-7-20-22(31)29(18-6-4-5-8-19(18)34-20)14-21(30)26-17-10-9-15-12-25(13-16(15)11-17)23(32)27-24(33)28-25/h4-6,8-11,20H,2-3,7,12-14H2,1H3,(H,26,30)(H2,27,28,32,33). The first kappa shape index (κ1) is 21.9. The van der Waals surface area contributed by atoms with Gasteiger partial charge in [0.1, 0.15) is 17.8 Å². The number of unbranched alkanes of at least 4 members (excludes halogenated alkanes) is 1. The summed E-state index contributed by atoms with van der Waals surface area (Å²) < 4.78 is 5.90. The van der Waals surface area contributed by atoms with E-state index in [2.05, 4.69) is 22.9 Å². The molecule has 9 nitrogen and oxygen atoms in total. The van der Waals surface area contributed by atoms with E-state index in [-0.39, 0.29) is 24.3 Å². The summed E-state index contributed by atoms with van der Waals surface area (Å²) in [6.07, 6.45) is 2.56. The maximum Gasteiger partial charge on any atom is 0.322 e. The Kier molecular flexibility index (Phi) is 5.47. The molecule has 1 aliphatic carbocycles. The summed E-state index contributed by atoms with van der Waals surface area (Å²) in [4.78, 5) is 51.4. The molecule has 2 heterocycles. The number of para-hydroxylation sites is 2. The number of amides is 5. The highest BCUT2D eigenvalue weighted by molar-refractivity contribution is 6.08. The van der Waals surface area contributed by atoms with Crippen molar-refractivity contribution in [3.05, 3.63) is 53.6 Å². The molecule has 2 aromatic carbocycles. The van der Waals surface area contributed by atoms with E-state index in [9.17, 15) is 19.2 Å². The largest absolute Gasteiger partial charge is 0.478 e. The van der Waals surface area contributed by atoms with E-state index in [0.29, 0.717) is 36.4 Å². The quantitative estimate of drug-likeness (QED) is 0.570. The molecular formula is C25H26N4O5. The first-order valence-electron chi connectivity index (χ1n) is 11.5. The highest BCUT2D eigenvalue weighted by atomic mass is 16.5. The van der Waals surface area contributed by atoms with Gasteiger partial charge in [-0.05, 0) is 48.2 Å². The molecule has 0 bridgehead atoms. The lowest BCUT2D eigenvalue weighted by atomic mass is 9.96. The highest BCUT2D eigenvalue weighted by Gasteiger charge is 2.50. The molecule has 0 saturated carbocycles. The van der Waals surface area contributed by atoms with Crippen LogP contribution in [0.15, 0.2) is 42.5 Å². The van der Waals surface area contributed by atoms with Crippen molar-refractivity contribution >= 4 is 35.1 Å². The number of urea groups is 1. The monoisotopic (exact) mass is 462 g/mol. The number of ether oxygens (including phenoxy) is 1. The van der Waals surface area contributed by atoms with Gasteiger partial charge in [-0.1, -0.05) is 31.5 Å². The fourth-order valence-electron chi connectivity index (χ4n) is 4.89. The minimum Gasteiger partial charge on any atom is -0.478 e. The van der Waals surface area contributed by atoms with Gasteiger partial charge in [-0.3, -0.25) is 24.6 Å². The van der Waals surface area contributed by atoms with Crippen molar-refractivity contribution in [3.8, 4) is 5.75 Å². The number of rotatable bonds is 6. The van der Waals surface area contributed by atoms with Gasteiger partial charge < -0.3 is 15.4 Å². The third kappa shape index (κ3) is 3.87. The molecule has 5 rings (SSSR count). The van der Waals surface area contributed by atoms with Gasteiger partial charge in [0.2, 0.25) is 5.91 Å². The van der Waals surface area contributed by atoms with E-state index in [1.54, 1.807) is 24.3 Å². The normalized spacial score (nSPS) is 22.7. The first-order chi connectivity index (χ1) is 16.4. The van der Waals surface area contributed by atoms with Crippen LogP contribution in [0.2, 0.25) is 0 Å². The molecule has 3 N–H and O–H groups in total. The molecule has 0 radical (unpaired) electrons. The average molecular weight is 463 g/mol. The van der Waals surface area contributed by atoms with Gasteiger partial charge >= 0.3 is 6.03 Å². The molecular weight excluding hydrogens is 436 g/mol. The van der Waals surface area contributed by atoms with Gasteiger partial charge in [0.05, 0.1) is 5.69 Å². The summed E-state index contributed by atoms with van der Waals surface area (Å²) in [5.41, 5.74) is 2.03. The minimum absolute atomic E-state index is 0.138. The number of hydrogen-bond acceptors (Lipinski definition) is 5. The van der Waals surface area contributed by atoms with Crippen LogP contribution in [0, 0.1) is 0 Å². The van der Waals surface area contributed by atoms with Crippen LogP contribution in [-0.2, 0) is 27.2 Å². The summed E-state index contributed by atoms with van der Waals surface area (Å²) in [7, 11) is 0. The van der Waals surface area contributed by atoms with E-state index in [1.807, 2.05) is 18.2 Å². The Morgan fingerprint density at radius 1 is 1.15 bits per heavy atom. The second-order valence-electron chi connectivity index (χ2n) is 9.02. The third-order valence-electron chi connectivity index (χ3n) is 6.58. The molecule has 176 valence electrons. The van der Waals surface area contributed by atoms with Crippen molar-refractivity contribution in [1.82, 2.24) is 10.6 Å². The van der Waals surface area contributed by atoms with E-state index in [0.717, 1.165) is 24.0 Å². The van der Waals surface area contributed by atoms with Gasteiger partial charge in [-0.2, -0.15) is 0 Å². The fourth-order valence-corrected chi connectivity index (χ4v) is 4.89. The predicted molar refractivity (Wildman–Crippen MR) is 125 cm³/mol. The maximum atomic E-state index is 13.1. The molecule has 1 saturated heterocycles. The van der Waals surface area contributed by atoms with Crippen LogP contribution in [-0.4, -0.2) is 41.9 Å². The zero-order valence-corrected chi connectivity index (χ0v) is 18.8. The Morgan fingerprint density at radius 2 is 1.94 bits per heavy atom. The van der Waals surface area contributed by atoms with Crippen molar-refractivity contribution in [2.45, 2.75) is 50.7 Å². The number of carbonyl (C=O) groups excluding carboxylic acids is 4. The van der Waals surface area contributed by atoms with Crippen LogP contribution < -0.4 is 25.6 Å². The smallest absolute Gasteiger partial charge is 0.322 e. The topological polar surface area (TPSA) is 117 Å². The second kappa shape index (κ2) is 8.48. The van der Waals surface area contributed by atoms with Crippen LogP contribution >= 0.6 is 0 Å². The third-order valence-corrected chi connectivity index (χ3v) is 6.58. The fraction of sp³-hybridized carbons (Fsp3) is 0.360. The summed E-state index contributed by atoms with van der Waals surface area (Å²) in [5, 5.41) is 7.89.